The van der Waals surface area contributed by atoms with E-state index in [-0.39, 0.29) is 12.0 Å². The molecule has 0 aliphatic carbocycles. The zero-order valence-electron chi connectivity index (χ0n) is 15.7. The van der Waals surface area contributed by atoms with Gasteiger partial charge in [-0.2, -0.15) is 0 Å². The van der Waals surface area contributed by atoms with Crippen LogP contribution in [0.15, 0.2) is 60.6 Å². The number of carbonyl (C=O) groups is 1. The number of allylic oxidation sites excluding steroid dienone is 1. The van der Waals surface area contributed by atoms with Gasteiger partial charge < -0.3 is 19.7 Å². The van der Waals surface area contributed by atoms with Crippen molar-refractivity contribution in [1.82, 2.24) is 10.3 Å². The minimum absolute atomic E-state index is 0.215. The highest BCUT2D eigenvalue weighted by Gasteiger charge is 2.51. The minimum Gasteiger partial charge on any atom is -0.471 e. The number of anilines is 1. The van der Waals surface area contributed by atoms with E-state index < -0.39 is 11.5 Å². The molecule has 27 heavy (non-hydrogen) atoms. The summed E-state index contributed by atoms with van der Waals surface area (Å²) >= 11 is 0. The number of benzene rings is 1. The summed E-state index contributed by atoms with van der Waals surface area (Å²) in [7, 11) is 1.43. The van der Waals surface area contributed by atoms with Crippen molar-refractivity contribution in [3.8, 4) is 5.75 Å². The summed E-state index contributed by atoms with van der Waals surface area (Å²) in [5.74, 6) is 0.0749. The fourth-order valence-electron chi connectivity index (χ4n) is 4.19. The molecule has 2 aromatic rings. The monoisotopic (exact) mass is 365 g/mol. The summed E-state index contributed by atoms with van der Waals surface area (Å²) in [6, 6.07) is 11.5. The predicted molar refractivity (Wildman–Crippen MR) is 102 cm³/mol. The number of rotatable bonds is 3. The van der Waals surface area contributed by atoms with Crippen molar-refractivity contribution in [2.75, 3.05) is 18.7 Å². The first kappa shape index (κ1) is 17.4. The van der Waals surface area contributed by atoms with Crippen LogP contribution in [-0.2, 0) is 15.1 Å². The largest absolute Gasteiger partial charge is 0.471 e. The van der Waals surface area contributed by atoms with E-state index in [1.54, 1.807) is 12.4 Å². The molecule has 0 amide bonds. The van der Waals surface area contributed by atoms with Crippen molar-refractivity contribution >= 4 is 11.7 Å². The molecule has 0 radical (unpaired) electrons. The quantitative estimate of drug-likeness (QED) is 0.844. The van der Waals surface area contributed by atoms with E-state index in [0.29, 0.717) is 6.73 Å². The third-order valence-corrected chi connectivity index (χ3v) is 5.45. The molecule has 1 aromatic carbocycles. The number of hydrogen-bond donors (Lipinski definition) is 1. The summed E-state index contributed by atoms with van der Waals surface area (Å²) in [6.45, 7) is 4.43. The van der Waals surface area contributed by atoms with E-state index in [9.17, 15) is 4.79 Å². The number of aromatic nitrogens is 1. The van der Waals surface area contributed by atoms with Crippen LogP contribution >= 0.6 is 0 Å². The molecule has 0 fully saturated rings. The van der Waals surface area contributed by atoms with Gasteiger partial charge in [-0.05, 0) is 43.7 Å². The van der Waals surface area contributed by atoms with Crippen molar-refractivity contribution in [3.05, 3.63) is 66.1 Å². The van der Waals surface area contributed by atoms with Crippen molar-refractivity contribution in [2.24, 2.45) is 5.92 Å². The molecule has 3 heterocycles. The highest BCUT2D eigenvalue weighted by Crippen LogP contribution is 2.43. The maximum atomic E-state index is 13.0. The highest BCUT2D eigenvalue weighted by molar-refractivity contribution is 5.78. The Morgan fingerprint density at radius 2 is 2.15 bits per heavy atom. The number of fused-ring (bicyclic) bond motifs is 1. The molecule has 0 saturated carbocycles. The second-order valence-electron chi connectivity index (χ2n) is 7.12. The number of nitrogens with zero attached hydrogens (tertiary/aromatic N) is 2. The first-order chi connectivity index (χ1) is 13.0. The Kier molecular flexibility index (Phi) is 4.26. The zero-order valence-corrected chi connectivity index (χ0v) is 15.7. The number of nitrogens with one attached hydrogen (secondary N) is 1. The maximum absolute atomic E-state index is 13.0. The highest BCUT2D eigenvalue weighted by atomic mass is 16.5. The summed E-state index contributed by atoms with van der Waals surface area (Å²) in [6.07, 6.45) is 5.60. The molecule has 6 nitrogen and oxygen atoms in total. The molecule has 3 unspecified atom stereocenters. The van der Waals surface area contributed by atoms with Gasteiger partial charge in [-0.25, -0.2) is 0 Å². The minimum atomic E-state index is -0.664. The lowest BCUT2D eigenvalue weighted by molar-refractivity contribution is -0.149. The lowest BCUT2D eigenvalue weighted by Gasteiger charge is -2.47. The fraction of sp³-hybridized carbons (Fsp3) is 0.333. The third-order valence-electron chi connectivity index (χ3n) is 5.45. The van der Waals surface area contributed by atoms with Crippen LogP contribution in [0.4, 0.5) is 5.69 Å². The van der Waals surface area contributed by atoms with Crippen LogP contribution in [0, 0.1) is 5.92 Å². The zero-order chi connectivity index (χ0) is 19.0. The number of ether oxygens (including phenoxy) is 2. The van der Waals surface area contributed by atoms with Gasteiger partial charge in [0.05, 0.1) is 24.4 Å². The SMILES string of the molecule is COC(=O)C1C(N2COc3ccccc32)C=C(C)NC1(C)c1cccnc1. The molecule has 1 N–H and O–H groups in total. The third kappa shape index (κ3) is 2.81. The first-order valence-corrected chi connectivity index (χ1v) is 8.98. The van der Waals surface area contributed by atoms with E-state index in [1.807, 2.05) is 50.2 Å². The number of esters is 1. The van der Waals surface area contributed by atoms with E-state index in [1.165, 1.54) is 7.11 Å². The van der Waals surface area contributed by atoms with Gasteiger partial charge in [0, 0.05) is 18.1 Å². The Morgan fingerprint density at radius 3 is 2.89 bits per heavy atom. The summed E-state index contributed by atoms with van der Waals surface area (Å²) in [4.78, 5) is 19.3. The summed E-state index contributed by atoms with van der Waals surface area (Å²) < 4.78 is 11.1. The van der Waals surface area contributed by atoms with Crippen molar-refractivity contribution in [1.29, 1.82) is 0 Å². The molecule has 1 aromatic heterocycles. The number of methoxy groups -OCH3 is 1. The smallest absolute Gasteiger partial charge is 0.313 e. The van der Waals surface area contributed by atoms with Crippen LogP contribution in [0.1, 0.15) is 19.4 Å². The van der Waals surface area contributed by atoms with Crippen LogP contribution in [0.25, 0.3) is 0 Å². The Balaban J connectivity index is 1.83. The molecular formula is C21H23N3O3. The molecule has 3 atom stereocenters. The van der Waals surface area contributed by atoms with Gasteiger partial charge in [0.2, 0.25) is 0 Å². The van der Waals surface area contributed by atoms with Gasteiger partial charge in [0.1, 0.15) is 11.7 Å². The molecule has 4 rings (SSSR count). The van der Waals surface area contributed by atoms with E-state index in [2.05, 4.69) is 21.3 Å². The van der Waals surface area contributed by atoms with Crippen LogP contribution in [0.5, 0.6) is 5.75 Å². The number of para-hydroxylation sites is 2. The van der Waals surface area contributed by atoms with Gasteiger partial charge >= 0.3 is 5.97 Å². The molecule has 0 spiro atoms. The van der Waals surface area contributed by atoms with Crippen LogP contribution < -0.4 is 15.0 Å². The van der Waals surface area contributed by atoms with Gasteiger partial charge in [0.15, 0.2) is 6.73 Å². The average molecular weight is 365 g/mol. The molecule has 0 saturated heterocycles. The summed E-state index contributed by atoms with van der Waals surface area (Å²) in [5, 5.41) is 3.50. The molecular weight excluding hydrogens is 342 g/mol. The number of hydrogen-bond acceptors (Lipinski definition) is 6. The Labute approximate surface area is 158 Å². The second kappa shape index (κ2) is 6.61. The fourth-order valence-corrected chi connectivity index (χ4v) is 4.19. The lowest BCUT2D eigenvalue weighted by atomic mass is 9.72. The molecule has 2 aliphatic rings. The van der Waals surface area contributed by atoms with Gasteiger partial charge in [0.25, 0.3) is 0 Å². The second-order valence-corrected chi connectivity index (χ2v) is 7.12. The number of carbonyl (C=O) groups excluding carboxylic acids is 1. The van der Waals surface area contributed by atoms with Gasteiger partial charge in [-0.1, -0.05) is 18.2 Å². The number of pyridine rings is 1. The van der Waals surface area contributed by atoms with E-state index in [4.69, 9.17) is 9.47 Å². The topological polar surface area (TPSA) is 63.7 Å². The van der Waals surface area contributed by atoms with Gasteiger partial charge in [-0.3, -0.25) is 9.78 Å². The van der Waals surface area contributed by atoms with E-state index >= 15 is 0 Å². The molecule has 0 bridgehead atoms. The Hall–Kier alpha value is -3.02. The average Bonchev–Trinajstić information content (AvgIpc) is 3.11. The molecule has 2 aliphatic heterocycles. The van der Waals surface area contributed by atoms with Crippen molar-refractivity contribution < 1.29 is 14.3 Å². The first-order valence-electron chi connectivity index (χ1n) is 8.98. The Bertz CT molecular complexity index is 883. The van der Waals surface area contributed by atoms with E-state index in [0.717, 1.165) is 22.7 Å². The normalized spacial score (nSPS) is 26.5. The van der Waals surface area contributed by atoms with Crippen molar-refractivity contribution in [2.45, 2.75) is 25.4 Å². The van der Waals surface area contributed by atoms with Crippen LogP contribution in [0.3, 0.4) is 0 Å². The van der Waals surface area contributed by atoms with Crippen LogP contribution in [-0.4, -0.2) is 30.8 Å². The molecule has 140 valence electrons. The Morgan fingerprint density at radius 1 is 1.33 bits per heavy atom. The maximum Gasteiger partial charge on any atom is 0.313 e. The van der Waals surface area contributed by atoms with Crippen molar-refractivity contribution in [3.63, 3.8) is 0 Å². The standard InChI is InChI=1S/C21H23N3O3/c1-14-11-17(24-13-27-18-9-5-4-8-16(18)24)19(20(25)26-3)21(2,23-14)15-7-6-10-22-12-15/h4-12,17,19,23H,13H2,1-3H3. The molecule has 6 heteroatoms. The van der Waals surface area contributed by atoms with Gasteiger partial charge in [-0.15, -0.1) is 0 Å². The predicted octanol–water partition coefficient (Wildman–Crippen LogP) is 2.82. The van der Waals surface area contributed by atoms with Crippen LogP contribution in [0.2, 0.25) is 0 Å². The lowest BCUT2D eigenvalue weighted by Crippen LogP contribution is -2.60. The summed E-state index contributed by atoms with van der Waals surface area (Å²) in [5.41, 5.74) is 2.25.